The van der Waals surface area contributed by atoms with Crippen molar-refractivity contribution < 1.29 is 17.9 Å². The lowest BCUT2D eigenvalue weighted by Crippen LogP contribution is -2.39. The van der Waals surface area contributed by atoms with Crippen LogP contribution in [0.25, 0.3) is 0 Å². The summed E-state index contributed by atoms with van der Waals surface area (Å²) in [5.41, 5.74) is 0.396. The zero-order valence-corrected chi connectivity index (χ0v) is 20.5. The van der Waals surface area contributed by atoms with Crippen LogP contribution in [0, 0.1) is 5.92 Å². The maximum absolute atomic E-state index is 13.8. The molecular formula is C25H29NO5S2. The van der Waals surface area contributed by atoms with Gasteiger partial charge < -0.3 is 9.52 Å². The fourth-order valence-electron chi connectivity index (χ4n) is 4.53. The van der Waals surface area contributed by atoms with Crippen LogP contribution in [0.5, 0.6) is 5.75 Å². The highest BCUT2D eigenvalue weighted by atomic mass is 32.2. The second kappa shape index (κ2) is 9.73. The summed E-state index contributed by atoms with van der Waals surface area (Å²) in [6.07, 6.45) is 5.08. The number of fused-ring (bicyclic) bond motifs is 1. The Morgan fingerprint density at radius 2 is 1.70 bits per heavy atom. The van der Waals surface area contributed by atoms with E-state index >= 15 is 0 Å². The summed E-state index contributed by atoms with van der Waals surface area (Å²) in [7, 11) is -4.01. The Bertz CT molecular complexity index is 1250. The molecule has 1 aliphatic carbocycles. The van der Waals surface area contributed by atoms with Gasteiger partial charge in [-0.15, -0.1) is 11.3 Å². The predicted octanol–water partition coefficient (Wildman–Crippen LogP) is 5.66. The number of para-hydroxylation sites is 1. The van der Waals surface area contributed by atoms with E-state index in [-0.39, 0.29) is 21.4 Å². The normalized spacial score (nSPS) is 15.5. The summed E-state index contributed by atoms with van der Waals surface area (Å²) < 4.78 is 34.9. The van der Waals surface area contributed by atoms with Crippen molar-refractivity contribution in [3.05, 3.63) is 75.2 Å². The number of hydrogen-bond acceptors (Lipinski definition) is 6. The molecule has 1 unspecified atom stereocenters. The van der Waals surface area contributed by atoms with Crippen LogP contribution in [0.3, 0.4) is 0 Å². The molecule has 0 saturated carbocycles. The Kier molecular flexibility index (Phi) is 6.95. The smallest absolute Gasteiger partial charge is 0.345 e. The van der Waals surface area contributed by atoms with Crippen molar-refractivity contribution in [2.75, 3.05) is 4.31 Å². The molecule has 0 bridgehead atoms. The topological polar surface area (TPSA) is 87.8 Å². The van der Waals surface area contributed by atoms with Crippen LogP contribution >= 0.6 is 11.3 Å². The summed E-state index contributed by atoms with van der Waals surface area (Å²) in [4.78, 5) is 13.3. The Balaban J connectivity index is 1.96. The number of rotatable bonds is 6. The number of anilines is 1. The van der Waals surface area contributed by atoms with Crippen LogP contribution in [0.4, 0.5) is 5.69 Å². The second-order valence-electron chi connectivity index (χ2n) is 8.73. The quantitative estimate of drug-likeness (QED) is 0.485. The van der Waals surface area contributed by atoms with Crippen LogP contribution in [0.15, 0.2) is 61.3 Å². The number of aromatic hydroxyl groups is 1. The number of sulfonamides is 1. The standard InChI is InChI=1S/C25H29NO5S2/c1-17(2)23(22-24(27)19-13-8-3-4-9-14-20(19)31-25(22)28)26(18-11-6-5-7-12-18)33(29,30)21-15-10-16-32-21/h5-7,10-12,15-17,23,27H,3-4,8-9,13-14H2,1-2H3. The lowest BCUT2D eigenvalue weighted by molar-refractivity contribution is 0.369. The number of hydrogen-bond donors (Lipinski definition) is 1. The molecule has 0 amide bonds. The third-order valence-electron chi connectivity index (χ3n) is 6.09. The Morgan fingerprint density at radius 3 is 2.33 bits per heavy atom. The van der Waals surface area contributed by atoms with Crippen molar-refractivity contribution in [1.29, 1.82) is 0 Å². The first-order chi connectivity index (χ1) is 15.8. The molecule has 176 valence electrons. The van der Waals surface area contributed by atoms with E-state index in [2.05, 4.69) is 0 Å². The third-order valence-corrected chi connectivity index (χ3v) is 9.28. The van der Waals surface area contributed by atoms with Crippen molar-refractivity contribution in [2.24, 2.45) is 5.92 Å². The molecule has 0 spiro atoms. The summed E-state index contributed by atoms with van der Waals surface area (Å²) in [6, 6.07) is 11.0. The van der Waals surface area contributed by atoms with Gasteiger partial charge in [0.05, 0.1) is 11.7 Å². The second-order valence-corrected chi connectivity index (χ2v) is 11.7. The molecule has 0 fully saturated rings. The first kappa shape index (κ1) is 23.6. The van der Waals surface area contributed by atoms with Crippen LogP contribution in [0.1, 0.15) is 62.5 Å². The summed E-state index contributed by atoms with van der Waals surface area (Å²) >= 11 is 1.12. The molecule has 0 saturated heterocycles. The monoisotopic (exact) mass is 487 g/mol. The molecule has 8 heteroatoms. The Labute approximate surface area is 198 Å². The molecular weight excluding hydrogens is 458 g/mol. The van der Waals surface area contributed by atoms with Gasteiger partial charge in [0.25, 0.3) is 10.0 Å². The molecule has 1 aliphatic rings. The van der Waals surface area contributed by atoms with Gasteiger partial charge in [-0.3, -0.25) is 4.31 Å². The zero-order valence-electron chi connectivity index (χ0n) is 18.9. The first-order valence-electron chi connectivity index (χ1n) is 11.3. The number of aryl methyl sites for hydroxylation is 1. The van der Waals surface area contributed by atoms with E-state index in [4.69, 9.17) is 4.42 Å². The highest BCUT2D eigenvalue weighted by molar-refractivity contribution is 7.94. The van der Waals surface area contributed by atoms with Crippen molar-refractivity contribution in [2.45, 2.75) is 62.6 Å². The van der Waals surface area contributed by atoms with Crippen molar-refractivity contribution in [3.8, 4) is 5.75 Å². The number of thiophene rings is 1. The van der Waals surface area contributed by atoms with E-state index in [1.165, 1.54) is 4.31 Å². The molecule has 6 nitrogen and oxygen atoms in total. The SMILES string of the molecule is CC(C)C(c1c(O)c2c(oc1=O)CCCCCC2)N(c1ccccc1)S(=O)(=O)c1cccs1. The molecule has 1 aromatic carbocycles. The number of nitrogens with zero attached hydrogens (tertiary/aromatic N) is 1. The van der Waals surface area contributed by atoms with Crippen LogP contribution < -0.4 is 9.93 Å². The van der Waals surface area contributed by atoms with E-state index in [0.717, 1.165) is 37.0 Å². The fraction of sp³-hybridized carbons (Fsp3) is 0.400. The van der Waals surface area contributed by atoms with Crippen molar-refractivity contribution in [3.63, 3.8) is 0 Å². The van der Waals surface area contributed by atoms with Gasteiger partial charge in [-0.1, -0.05) is 51.0 Å². The third kappa shape index (κ3) is 4.59. The minimum absolute atomic E-state index is 0.00769. The average molecular weight is 488 g/mol. The van der Waals surface area contributed by atoms with Crippen LogP contribution in [-0.2, 0) is 22.9 Å². The zero-order chi connectivity index (χ0) is 23.6. The Hall–Kier alpha value is -2.58. The fourth-order valence-corrected chi connectivity index (χ4v) is 7.37. The van der Waals surface area contributed by atoms with Gasteiger partial charge in [-0.05, 0) is 48.8 Å². The van der Waals surface area contributed by atoms with E-state index < -0.39 is 21.7 Å². The van der Waals surface area contributed by atoms with Gasteiger partial charge in [-0.25, -0.2) is 13.2 Å². The highest BCUT2D eigenvalue weighted by Gasteiger charge is 2.39. The molecule has 1 atom stereocenters. The summed E-state index contributed by atoms with van der Waals surface area (Å²) in [5.74, 6) is 0.0836. The summed E-state index contributed by atoms with van der Waals surface area (Å²) in [5, 5.41) is 13.1. The van der Waals surface area contributed by atoms with Gasteiger partial charge >= 0.3 is 5.63 Å². The molecule has 2 heterocycles. The van der Waals surface area contributed by atoms with Crippen molar-refractivity contribution in [1.82, 2.24) is 0 Å². The maximum atomic E-state index is 13.8. The van der Waals surface area contributed by atoms with Gasteiger partial charge in [0.1, 0.15) is 21.3 Å². The van der Waals surface area contributed by atoms with E-state index in [1.54, 1.807) is 47.8 Å². The molecule has 4 rings (SSSR count). The Morgan fingerprint density at radius 1 is 1.00 bits per heavy atom. The van der Waals surface area contributed by atoms with Crippen LogP contribution in [-0.4, -0.2) is 13.5 Å². The molecule has 0 aliphatic heterocycles. The predicted molar refractivity (Wildman–Crippen MR) is 131 cm³/mol. The van der Waals surface area contributed by atoms with Crippen LogP contribution in [0.2, 0.25) is 0 Å². The molecule has 0 radical (unpaired) electrons. The minimum atomic E-state index is -4.01. The first-order valence-corrected chi connectivity index (χ1v) is 13.6. The van der Waals surface area contributed by atoms with Crippen molar-refractivity contribution >= 4 is 27.0 Å². The van der Waals surface area contributed by atoms with Gasteiger partial charge in [-0.2, -0.15) is 0 Å². The molecule has 2 aromatic heterocycles. The van der Waals surface area contributed by atoms with Gasteiger partial charge in [0, 0.05) is 12.0 Å². The maximum Gasteiger partial charge on any atom is 0.345 e. The lowest BCUT2D eigenvalue weighted by Gasteiger charge is -2.35. The summed E-state index contributed by atoms with van der Waals surface area (Å²) in [6.45, 7) is 3.69. The highest BCUT2D eigenvalue weighted by Crippen LogP contribution is 2.42. The largest absolute Gasteiger partial charge is 0.507 e. The van der Waals surface area contributed by atoms with E-state index in [1.807, 2.05) is 13.8 Å². The molecule has 3 aromatic rings. The van der Waals surface area contributed by atoms with Gasteiger partial charge in [0.15, 0.2) is 0 Å². The van der Waals surface area contributed by atoms with E-state index in [9.17, 15) is 18.3 Å². The van der Waals surface area contributed by atoms with Gasteiger partial charge in [0.2, 0.25) is 0 Å². The lowest BCUT2D eigenvalue weighted by atomic mass is 9.91. The minimum Gasteiger partial charge on any atom is -0.507 e. The number of benzene rings is 1. The molecule has 1 N–H and O–H groups in total. The van der Waals surface area contributed by atoms with E-state index in [0.29, 0.717) is 29.9 Å². The average Bonchev–Trinajstić information content (AvgIpc) is 3.31. The molecule has 33 heavy (non-hydrogen) atoms.